The highest BCUT2D eigenvalue weighted by molar-refractivity contribution is 9.10. The third kappa shape index (κ3) is 2.88. The molecule has 1 aromatic carbocycles. The van der Waals surface area contributed by atoms with Gasteiger partial charge in [-0.3, -0.25) is 4.79 Å². The van der Waals surface area contributed by atoms with E-state index in [1.165, 1.54) is 11.3 Å². The van der Waals surface area contributed by atoms with Crippen LogP contribution in [0.1, 0.15) is 12.8 Å². The van der Waals surface area contributed by atoms with Crippen molar-refractivity contribution in [3.8, 4) is 10.8 Å². The highest BCUT2D eigenvalue weighted by Crippen LogP contribution is 2.37. The minimum absolute atomic E-state index is 0.0761. The third-order valence-electron chi connectivity index (χ3n) is 2.24. The van der Waals surface area contributed by atoms with Crippen LogP contribution in [-0.4, -0.2) is 17.4 Å². The molecule has 0 amide bonds. The van der Waals surface area contributed by atoms with Crippen LogP contribution in [0.4, 0.5) is 0 Å². The Kier molecular flexibility index (Phi) is 3.98. The summed E-state index contributed by atoms with van der Waals surface area (Å²) in [6, 6.07) is 5.08. The summed E-state index contributed by atoms with van der Waals surface area (Å²) >= 11 is 4.49. The van der Waals surface area contributed by atoms with Gasteiger partial charge in [0.25, 0.3) is 0 Å². The lowest BCUT2D eigenvalue weighted by atomic mass is 10.2. The van der Waals surface area contributed by atoms with Crippen molar-refractivity contribution in [2.45, 2.75) is 12.8 Å². The number of ether oxygens (including phenoxy) is 1. The molecule has 0 aliphatic rings. The fourth-order valence-corrected chi connectivity index (χ4v) is 2.72. The van der Waals surface area contributed by atoms with E-state index in [4.69, 9.17) is 4.74 Å². The molecule has 0 aliphatic carbocycles. The van der Waals surface area contributed by atoms with Crippen LogP contribution in [0.15, 0.2) is 22.7 Å². The van der Waals surface area contributed by atoms with Crippen molar-refractivity contribution >= 4 is 49.6 Å². The van der Waals surface area contributed by atoms with Crippen molar-refractivity contribution in [3.63, 3.8) is 0 Å². The Morgan fingerprint density at radius 3 is 2.94 bits per heavy atom. The van der Waals surface area contributed by atoms with E-state index in [1.54, 1.807) is 18.2 Å². The van der Waals surface area contributed by atoms with Crippen LogP contribution in [-0.2, 0) is 9.59 Å². The van der Waals surface area contributed by atoms with Crippen LogP contribution >= 0.6 is 27.3 Å². The number of phenolic OH excluding ortho intramolecular Hbond substituents is 1. The van der Waals surface area contributed by atoms with Gasteiger partial charge in [-0.25, -0.2) is 0 Å². The van der Waals surface area contributed by atoms with Gasteiger partial charge in [0, 0.05) is 17.2 Å². The third-order valence-corrected chi connectivity index (χ3v) is 3.85. The molecule has 0 atom stereocenters. The Morgan fingerprint density at radius 1 is 1.44 bits per heavy atom. The average Bonchev–Trinajstić information content (AvgIpc) is 2.68. The number of hydrogen-bond donors (Lipinski definition) is 1. The summed E-state index contributed by atoms with van der Waals surface area (Å²) < 4.78 is 6.52. The summed E-state index contributed by atoms with van der Waals surface area (Å²) in [4.78, 5) is 21.5. The first-order chi connectivity index (χ1) is 8.60. The maximum absolute atomic E-state index is 11.3. The molecule has 0 unspecified atom stereocenters. The molecule has 0 bridgehead atoms. The maximum atomic E-state index is 11.3. The molecule has 0 aliphatic heterocycles. The van der Waals surface area contributed by atoms with E-state index >= 15 is 0 Å². The number of carbonyl (C=O) groups is 2. The van der Waals surface area contributed by atoms with Crippen molar-refractivity contribution in [1.29, 1.82) is 0 Å². The number of phenols is 1. The van der Waals surface area contributed by atoms with Gasteiger partial charge >= 0.3 is 5.97 Å². The zero-order chi connectivity index (χ0) is 13.1. The van der Waals surface area contributed by atoms with Gasteiger partial charge in [-0.05, 0) is 33.4 Å². The van der Waals surface area contributed by atoms with Crippen LogP contribution in [0.2, 0.25) is 0 Å². The maximum Gasteiger partial charge on any atom is 0.312 e. The lowest BCUT2D eigenvalue weighted by Crippen LogP contribution is -2.06. The number of rotatable bonds is 4. The number of aldehydes is 1. The highest BCUT2D eigenvalue weighted by atomic mass is 79.9. The van der Waals surface area contributed by atoms with E-state index in [0.29, 0.717) is 15.8 Å². The first-order valence-electron chi connectivity index (χ1n) is 5.16. The van der Waals surface area contributed by atoms with E-state index in [2.05, 4.69) is 15.9 Å². The van der Waals surface area contributed by atoms with Gasteiger partial charge in [-0.1, -0.05) is 11.3 Å². The van der Waals surface area contributed by atoms with Crippen molar-refractivity contribution < 1.29 is 19.4 Å². The number of hydrogen-bond acceptors (Lipinski definition) is 5. The number of aromatic hydroxyl groups is 1. The summed E-state index contributed by atoms with van der Waals surface area (Å²) in [5.74, 6) is -0.292. The second-order valence-corrected chi connectivity index (χ2v) is 5.49. The summed E-state index contributed by atoms with van der Waals surface area (Å²) in [6.07, 6.45) is 0.921. The Balaban J connectivity index is 2.20. The van der Waals surface area contributed by atoms with Crippen molar-refractivity contribution in [1.82, 2.24) is 0 Å². The van der Waals surface area contributed by atoms with Gasteiger partial charge < -0.3 is 14.6 Å². The predicted octanol–water partition coefficient (Wildman–Crippen LogP) is 3.25. The number of benzene rings is 1. The molecule has 4 nitrogen and oxygen atoms in total. The molecule has 0 saturated heterocycles. The number of halogens is 1. The summed E-state index contributed by atoms with van der Waals surface area (Å²) in [5, 5.41) is 10.9. The topological polar surface area (TPSA) is 63.6 Å². The number of carbonyl (C=O) groups excluding carboxylic acids is 2. The van der Waals surface area contributed by atoms with Gasteiger partial charge in [-0.15, -0.1) is 0 Å². The molecule has 1 N–H and O–H groups in total. The summed E-state index contributed by atoms with van der Waals surface area (Å²) in [6.45, 7) is 0. The number of thiophene rings is 1. The number of esters is 1. The molecule has 2 aromatic rings. The molecule has 6 heteroatoms. The van der Waals surface area contributed by atoms with Crippen molar-refractivity contribution in [2.75, 3.05) is 0 Å². The highest BCUT2D eigenvalue weighted by Gasteiger charge is 2.10. The van der Waals surface area contributed by atoms with E-state index in [1.807, 2.05) is 0 Å². The van der Waals surface area contributed by atoms with Gasteiger partial charge in [0.15, 0.2) is 5.06 Å². The molecule has 94 valence electrons. The lowest BCUT2D eigenvalue weighted by Gasteiger charge is -1.97. The second kappa shape index (κ2) is 5.49. The fourth-order valence-electron chi connectivity index (χ4n) is 1.41. The summed E-state index contributed by atoms with van der Waals surface area (Å²) in [7, 11) is 0. The van der Waals surface area contributed by atoms with E-state index in [9.17, 15) is 14.7 Å². The van der Waals surface area contributed by atoms with Crippen molar-refractivity contribution in [2.24, 2.45) is 0 Å². The van der Waals surface area contributed by atoms with E-state index in [-0.39, 0.29) is 18.6 Å². The van der Waals surface area contributed by atoms with Crippen LogP contribution in [0, 0.1) is 0 Å². The van der Waals surface area contributed by atoms with E-state index < -0.39 is 5.97 Å². The predicted molar refractivity (Wildman–Crippen MR) is 72.1 cm³/mol. The molecular formula is C12H9BrO4S. The SMILES string of the molecule is O=CCCC(=O)Oc1cc2cc(Br)c(O)cc2s1. The lowest BCUT2D eigenvalue weighted by molar-refractivity contribution is -0.135. The molecule has 2 rings (SSSR count). The Morgan fingerprint density at radius 2 is 2.22 bits per heavy atom. The average molecular weight is 329 g/mol. The quantitative estimate of drug-likeness (QED) is 0.691. The molecule has 0 spiro atoms. The Labute approximate surface area is 115 Å². The molecule has 0 fully saturated rings. The molecule has 18 heavy (non-hydrogen) atoms. The van der Waals surface area contributed by atoms with Gasteiger partial charge in [0.05, 0.1) is 10.9 Å². The van der Waals surface area contributed by atoms with Gasteiger partial charge in [-0.2, -0.15) is 0 Å². The Hall–Kier alpha value is -1.40. The van der Waals surface area contributed by atoms with Gasteiger partial charge in [0.1, 0.15) is 12.0 Å². The molecule has 1 heterocycles. The van der Waals surface area contributed by atoms with Crippen molar-refractivity contribution in [3.05, 3.63) is 22.7 Å². The zero-order valence-corrected chi connectivity index (χ0v) is 11.6. The standard InChI is InChI=1S/C12H9BrO4S/c13-8-4-7-5-12(17-11(16)2-1-3-14)18-10(7)6-9(8)15/h3-6,15H,1-2H2. The second-order valence-electron chi connectivity index (χ2n) is 3.59. The largest absolute Gasteiger partial charge is 0.507 e. The van der Waals surface area contributed by atoms with E-state index in [0.717, 1.165) is 10.1 Å². The first-order valence-corrected chi connectivity index (χ1v) is 6.77. The minimum Gasteiger partial charge on any atom is -0.507 e. The van der Waals surface area contributed by atoms with Crippen LogP contribution in [0.25, 0.3) is 10.1 Å². The van der Waals surface area contributed by atoms with Crippen LogP contribution in [0.3, 0.4) is 0 Å². The van der Waals surface area contributed by atoms with Crippen LogP contribution in [0.5, 0.6) is 10.8 Å². The van der Waals surface area contributed by atoms with Gasteiger partial charge in [0.2, 0.25) is 0 Å². The molecule has 0 saturated carbocycles. The zero-order valence-electron chi connectivity index (χ0n) is 9.18. The molecule has 1 aromatic heterocycles. The monoisotopic (exact) mass is 328 g/mol. The number of fused-ring (bicyclic) bond motifs is 1. The molecule has 0 radical (unpaired) electrons. The first kappa shape index (κ1) is 13.0. The molecular weight excluding hydrogens is 320 g/mol. The summed E-state index contributed by atoms with van der Waals surface area (Å²) in [5.41, 5.74) is 0. The smallest absolute Gasteiger partial charge is 0.312 e. The fraction of sp³-hybridized carbons (Fsp3) is 0.167. The Bertz CT molecular complexity index is 566. The minimum atomic E-state index is -0.433. The van der Waals surface area contributed by atoms with Crippen LogP contribution < -0.4 is 4.74 Å². The normalized spacial score (nSPS) is 10.5.